The monoisotopic (exact) mass is 462 g/mol. The standard InChI is InChI=1S/C22H33N5O4P/c1-2-31-32(30,17-19-5-7-20(8-6-19)26(28)29)18-27-15-4-11-25-13-12-23-9-3-10-24(14-16-27)21(23)22(25)27/h5-8H,2-4,9-18H2,1H3/q+1. The Hall–Kier alpha value is -2.09. The molecule has 4 heterocycles. The molecule has 0 saturated carbocycles. The second-order valence-corrected chi connectivity index (χ2v) is 11.8. The van der Waals surface area contributed by atoms with E-state index in [1.165, 1.54) is 30.2 Å². The molecule has 0 aliphatic carbocycles. The summed E-state index contributed by atoms with van der Waals surface area (Å²) in [5.74, 6) is 2.73. The maximum atomic E-state index is 14.2. The van der Waals surface area contributed by atoms with Crippen LogP contribution in [0, 0.1) is 10.1 Å². The fourth-order valence-corrected chi connectivity index (χ4v) is 8.75. The molecule has 10 heteroatoms. The smallest absolute Gasteiger partial charge is 0.269 e. The van der Waals surface area contributed by atoms with Crippen LogP contribution in [0.1, 0.15) is 25.3 Å². The Balaban J connectivity index is 1.48. The Morgan fingerprint density at radius 1 is 1.00 bits per heavy atom. The number of benzene rings is 1. The maximum absolute atomic E-state index is 14.2. The summed E-state index contributed by atoms with van der Waals surface area (Å²) in [6.07, 6.45) is 3.11. The quantitative estimate of drug-likeness (QED) is 0.267. The van der Waals surface area contributed by atoms with Gasteiger partial charge < -0.3 is 19.2 Å². The van der Waals surface area contributed by atoms with Gasteiger partial charge in [-0.2, -0.15) is 0 Å². The third kappa shape index (κ3) is 3.80. The van der Waals surface area contributed by atoms with E-state index >= 15 is 0 Å². The van der Waals surface area contributed by atoms with E-state index in [4.69, 9.17) is 4.52 Å². The highest BCUT2D eigenvalue weighted by atomic mass is 31.2. The molecule has 2 atom stereocenters. The minimum atomic E-state index is -3.01. The van der Waals surface area contributed by atoms with E-state index < -0.39 is 12.3 Å². The number of nitrogens with zero attached hydrogens (tertiary/aromatic N) is 5. The fraction of sp³-hybridized carbons (Fsp3) is 0.636. The lowest BCUT2D eigenvalue weighted by Crippen LogP contribution is -2.68. The van der Waals surface area contributed by atoms with Gasteiger partial charge >= 0.3 is 0 Å². The zero-order valence-electron chi connectivity index (χ0n) is 18.8. The van der Waals surface area contributed by atoms with E-state index in [1.54, 1.807) is 12.1 Å². The largest absolute Gasteiger partial charge is 0.350 e. The molecule has 0 N–H and O–H groups in total. The van der Waals surface area contributed by atoms with E-state index in [1.807, 2.05) is 6.92 Å². The molecule has 0 radical (unpaired) electrons. The summed E-state index contributed by atoms with van der Waals surface area (Å²) in [5, 5.41) is 11.0. The van der Waals surface area contributed by atoms with E-state index in [9.17, 15) is 14.7 Å². The third-order valence-corrected chi connectivity index (χ3v) is 9.83. The van der Waals surface area contributed by atoms with Crippen LogP contribution in [0.4, 0.5) is 5.69 Å². The van der Waals surface area contributed by atoms with E-state index in [2.05, 4.69) is 14.7 Å². The maximum Gasteiger partial charge on any atom is 0.269 e. The zero-order chi connectivity index (χ0) is 22.3. The summed E-state index contributed by atoms with van der Waals surface area (Å²) >= 11 is 0. The van der Waals surface area contributed by atoms with Gasteiger partial charge in [-0.25, -0.2) is 0 Å². The van der Waals surface area contributed by atoms with Gasteiger partial charge in [-0.05, 0) is 18.9 Å². The molecule has 2 fully saturated rings. The van der Waals surface area contributed by atoms with Crippen molar-refractivity contribution < 1.29 is 18.5 Å². The molecule has 1 aromatic carbocycles. The number of non-ortho nitro benzene ring substituents is 1. The Morgan fingerprint density at radius 3 is 2.41 bits per heavy atom. The van der Waals surface area contributed by atoms with Crippen molar-refractivity contribution in [2.45, 2.75) is 25.9 Å². The Bertz CT molecular complexity index is 960. The first kappa shape index (κ1) is 21.7. The van der Waals surface area contributed by atoms with Crippen LogP contribution in [-0.4, -0.2) is 89.4 Å². The molecule has 174 valence electrons. The van der Waals surface area contributed by atoms with Gasteiger partial charge in [0.1, 0.15) is 6.54 Å². The van der Waals surface area contributed by atoms with Crippen LogP contribution >= 0.6 is 7.37 Å². The predicted molar refractivity (Wildman–Crippen MR) is 122 cm³/mol. The molecule has 0 aromatic heterocycles. The molecule has 5 rings (SSSR count). The zero-order valence-corrected chi connectivity index (χ0v) is 19.7. The average Bonchev–Trinajstić information content (AvgIpc) is 2.78. The lowest BCUT2D eigenvalue weighted by molar-refractivity contribution is -0.899. The highest BCUT2D eigenvalue weighted by molar-refractivity contribution is 7.57. The molecule has 2 unspecified atom stereocenters. The summed E-state index contributed by atoms with van der Waals surface area (Å²) in [7, 11) is -3.01. The molecule has 32 heavy (non-hydrogen) atoms. The van der Waals surface area contributed by atoms with E-state index in [0.717, 1.165) is 68.8 Å². The second-order valence-electron chi connectivity index (χ2n) is 9.36. The lowest BCUT2D eigenvalue weighted by Gasteiger charge is -2.58. The van der Waals surface area contributed by atoms with Crippen LogP contribution in [0.5, 0.6) is 0 Å². The third-order valence-electron chi connectivity index (χ3n) is 7.28. The summed E-state index contributed by atoms with van der Waals surface area (Å²) < 4.78 is 21.0. The second kappa shape index (κ2) is 8.36. The number of hydrogen-bond donors (Lipinski definition) is 0. The van der Waals surface area contributed by atoms with Crippen LogP contribution in [0.25, 0.3) is 0 Å². The van der Waals surface area contributed by atoms with Gasteiger partial charge in [0.15, 0.2) is 12.1 Å². The Kier molecular flexibility index (Phi) is 5.68. The molecule has 0 bridgehead atoms. The van der Waals surface area contributed by atoms with Gasteiger partial charge in [0, 0.05) is 51.3 Å². The van der Waals surface area contributed by atoms with Crippen LogP contribution < -0.4 is 0 Å². The van der Waals surface area contributed by atoms with Gasteiger partial charge in [0.2, 0.25) is 5.82 Å². The summed E-state index contributed by atoms with van der Waals surface area (Å²) in [5.41, 5.74) is 0.884. The molecule has 4 aliphatic rings. The summed E-state index contributed by atoms with van der Waals surface area (Å²) in [6, 6.07) is 6.42. The number of nitro groups is 1. The van der Waals surface area contributed by atoms with Crippen molar-refractivity contribution in [3.05, 3.63) is 51.6 Å². The predicted octanol–water partition coefficient (Wildman–Crippen LogP) is 3.05. The number of rotatable bonds is 7. The van der Waals surface area contributed by atoms with Crippen LogP contribution in [0.3, 0.4) is 0 Å². The first-order valence-corrected chi connectivity index (χ1v) is 13.7. The molecule has 4 aliphatic heterocycles. The lowest BCUT2D eigenvalue weighted by atomic mass is 10.1. The number of hydrogen-bond acceptors (Lipinski definition) is 7. The van der Waals surface area contributed by atoms with Crippen molar-refractivity contribution in [2.24, 2.45) is 0 Å². The minimum Gasteiger partial charge on any atom is -0.350 e. The van der Waals surface area contributed by atoms with Gasteiger partial charge in [-0.15, -0.1) is 0 Å². The van der Waals surface area contributed by atoms with Gasteiger partial charge in [0.25, 0.3) is 13.1 Å². The first-order valence-electron chi connectivity index (χ1n) is 11.7. The SMILES string of the molecule is CCOP(=O)(Cc1ccc([N+](=O)[O-])cc1)C[N+]12CCCN3CCN4CCCN(CC1)C4=C32. The first-order chi connectivity index (χ1) is 15.4. The Morgan fingerprint density at radius 2 is 1.69 bits per heavy atom. The van der Waals surface area contributed by atoms with Gasteiger partial charge in [-0.3, -0.25) is 19.2 Å². The highest BCUT2D eigenvalue weighted by Gasteiger charge is 2.53. The van der Waals surface area contributed by atoms with E-state index in [0.29, 0.717) is 19.1 Å². The van der Waals surface area contributed by atoms with Gasteiger partial charge in [0.05, 0.1) is 30.8 Å². The number of nitro benzene ring substituents is 1. The topological polar surface area (TPSA) is 79.2 Å². The van der Waals surface area contributed by atoms with Crippen LogP contribution in [-0.2, 0) is 15.3 Å². The molecule has 9 nitrogen and oxygen atoms in total. The van der Waals surface area contributed by atoms with Crippen molar-refractivity contribution in [1.82, 2.24) is 14.7 Å². The molecule has 2 saturated heterocycles. The van der Waals surface area contributed by atoms with Crippen LogP contribution in [0.15, 0.2) is 35.9 Å². The van der Waals surface area contributed by atoms with Crippen molar-refractivity contribution in [1.29, 1.82) is 0 Å². The molecular formula is C22H33N5O4P+. The summed E-state index contributed by atoms with van der Waals surface area (Å²) in [6.45, 7) is 10.6. The molecule has 1 aromatic rings. The normalized spacial score (nSPS) is 26.6. The van der Waals surface area contributed by atoms with Crippen molar-refractivity contribution >= 4 is 13.1 Å². The van der Waals surface area contributed by atoms with Crippen molar-refractivity contribution in [3.8, 4) is 0 Å². The molecule has 0 amide bonds. The van der Waals surface area contributed by atoms with Crippen LogP contribution in [0.2, 0.25) is 0 Å². The highest BCUT2D eigenvalue weighted by Crippen LogP contribution is 2.55. The van der Waals surface area contributed by atoms with Crippen molar-refractivity contribution in [2.75, 3.05) is 65.3 Å². The van der Waals surface area contributed by atoms with E-state index in [-0.39, 0.29) is 5.69 Å². The average molecular weight is 463 g/mol. The Labute approximate surface area is 189 Å². The summed E-state index contributed by atoms with van der Waals surface area (Å²) in [4.78, 5) is 18.2. The van der Waals surface area contributed by atoms with Crippen molar-refractivity contribution in [3.63, 3.8) is 0 Å². The number of quaternary nitrogens is 1. The fourth-order valence-electron chi connectivity index (χ4n) is 5.99. The van der Waals surface area contributed by atoms with Gasteiger partial charge in [-0.1, -0.05) is 12.1 Å². The molecule has 0 spiro atoms. The minimum absolute atomic E-state index is 0.0520. The molecular weight excluding hydrogens is 429 g/mol.